The lowest BCUT2D eigenvalue weighted by atomic mass is 9.92. The predicted octanol–water partition coefficient (Wildman–Crippen LogP) is 4.19. The molecule has 0 aliphatic heterocycles. The fourth-order valence-electron chi connectivity index (χ4n) is 3.38. The van der Waals surface area contributed by atoms with E-state index in [1.54, 1.807) is 12.1 Å². The van der Waals surface area contributed by atoms with Crippen LogP contribution < -0.4 is 26.8 Å². The number of carboxylic acid groups (broad SMARTS) is 1. The number of nitrogens with one attached hydrogen (secondary N) is 3. The molecule has 0 spiro atoms. The fraction of sp³-hybridized carbons (Fsp3) is 0.320. The predicted molar refractivity (Wildman–Crippen MR) is 141 cm³/mol. The van der Waals surface area contributed by atoms with Crippen LogP contribution in [0.15, 0.2) is 46.2 Å². The molecular weight excluding hydrogens is 507 g/mol. The van der Waals surface area contributed by atoms with E-state index in [4.69, 9.17) is 23.2 Å². The smallest absolute Gasteiger partial charge is 0.326 e. The van der Waals surface area contributed by atoms with Crippen molar-refractivity contribution in [2.75, 3.05) is 22.5 Å². The summed E-state index contributed by atoms with van der Waals surface area (Å²) in [5.74, 6) is -1.65. The number of rotatable bonds is 10. The number of nitrogens with zero attached hydrogens (tertiary/aromatic N) is 1. The number of hydrogen-bond donors (Lipinski definition) is 4. The van der Waals surface area contributed by atoms with Crippen molar-refractivity contribution in [3.05, 3.63) is 78.3 Å². The molecule has 0 radical (unpaired) electrons. The maximum atomic E-state index is 12.6. The number of aliphatic carboxylic acids is 1. The van der Waals surface area contributed by atoms with Crippen molar-refractivity contribution in [1.29, 1.82) is 0 Å². The van der Waals surface area contributed by atoms with Gasteiger partial charge in [0.2, 0.25) is 0 Å². The summed E-state index contributed by atoms with van der Waals surface area (Å²) in [4.78, 5) is 52.3. The first-order valence-corrected chi connectivity index (χ1v) is 11.9. The Morgan fingerprint density at radius 3 is 2.11 bits per heavy atom. The lowest BCUT2D eigenvalue weighted by Gasteiger charge is -2.22. The van der Waals surface area contributed by atoms with Crippen molar-refractivity contribution in [2.24, 2.45) is 5.41 Å². The molecule has 4 N–H and O–H groups in total. The van der Waals surface area contributed by atoms with E-state index < -0.39 is 28.8 Å². The standard InChI is InChI=1S/C25H26Cl2N4O5/c1-25(2,3)8-9-29-19-20(22(33)21(19)32)30-17(24(35)36)10-13-4-6-14(7-5-13)23(34)31-18-15(26)11-28-12-16(18)27/h4-7,11-12,17,29-30H,8-10H2,1-3H3,(H,35,36)(H,28,31,34)/t17-/m0/s1. The summed E-state index contributed by atoms with van der Waals surface area (Å²) in [6.45, 7) is 6.62. The number of hydrogen-bond acceptors (Lipinski definition) is 7. The molecule has 0 fully saturated rings. The molecule has 2 aromatic carbocycles. The quantitative estimate of drug-likeness (QED) is 0.285. The molecule has 36 heavy (non-hydrogen) atoms. The second-order valence-corrected chi connectivity index (χ2v) is 10.3. The van der Waals surface area contributed by atoms with Gasteiger partial charge >= 0.3 is 5.97 Å². The SMILES string of the molecule is CC(C)(C)CCNc1c(N[C@@H](Cc2ccc(C(=O)Nc3c(Cl)cncc3Cl)cc2)C(=O)O)c(=O)c1=O. The summed E-state index contributed by atoms with van der Waals surface area (Å²) in [7, 11) is 0. The van der Waals surface area contributed by atoms with Gasteiger partial charge in [-0.15, -0.1) is 0 Å². The van der Waals surface area contributed by atoms with E-state index in [1.165, 1.54) is 24.5 Å². The molecule has 3 aromatic rings. The molecule has 1 aromatic heterocycles. The van der Waals surface area contributed by atoms with Crippen LogP contribution in [0.1, 0.15) is 43.1 Å². The number of anilines is 3. The maximum absolute atomic E-state index is 12.6. The lowest BCUT2D eigenvalue weighted by Crippen LogP contribution is -2.42. The van der Waals surface area contributed by atoms with Crippen LogP contribution in [0.3, 0.4) is 0 Å². The van der Waals surface area contributed by atoms with Crippen LogP contribution in [-0.2, 0) is 11.2 Å². The van der Waals surface area contributed by atoms with Gasteiger partial charge in [0.15, 0.2) is 0 Å². The van der Waals surface area contributed by atoms with Crippen molar-refractivity contribution in [3.63, 3.8) is 0 Å². The van der Waals surface area contributed by atoms with Crippen molar-refractivity contribution >= 4 is 52.1 Å². The largest absolute Gasteiger partial charge is 0.480 e. The maximum Gasteiger partial charge on any atom is 0.326 e. The summed E-state index contributed by atoms with van der Waals surface area (Å²) in [6, 6.07) is 5.11. The average Bonchev–Trinajstić information content (AvgIpc) is 2.81. The zero-order chi connectivity index (χ0) is 26.6. The second kappa shape index (κ2) is 11.1. The number of aromatic nitrogens is 1. The van der Waals surface area contributed by atoms with Crippen LogP contribution in [0.5, 0.6) is 0 Å². The van der Waals surface area contributed by atoms with Gasteiger partial charge in [0, 0.05) is 30.9 Å². The molecule has 11 heteroatoms. The summed E-state index contributed by atoms with van der Waals surface area (Å²) in [5, 5.41) is 18.3. The molecule has 1 amide bonds. The minimum absolute atomic E-state index is 0.0134. The molecular formula is C25H26Cl2N4O5. The van der Waals surface area contributed by atoms with Gasteiger partial charge in [-0.05, 0) is 29.5 Å². The van der Waals surface area contributed by atoms with Crippen LogP contribution >= 0.6 is 23.2 Å². The Morgan fingerprint density at radius 2 is 1.56 bits per heavy atom. The normalized spacial score (nSPS) is 12.2. The molecule has 1 heterocycles. The molecule has 1 atom stereocenters. The minimum Gasteiger partial charge on any atom is -0.480 e. The topological polar surface area (TPSA) is 137 Å². The van der Waals surface area contributed by atoms with Gasteiger partial charge in [-0.2, -0.15) is 0 Å². The number of carbonyl (C=O) groups excluding carboxylic acids is 1. The van der Waals surface area contributed by atoms with E-state index in [-0.39, 0.29) is 38.9 Å². The first-order valence-electron chi connectivity index (χ1n) is 11.1. The Morgan fingerprint density at radius 1 is 0.972 bits per heavy atom. The van der Waals surface area contributed by atoms with Crippen molar-refractivity contribution < 1.29 is 14.7 Å². The Balaban J connectivity index is 1.68. The van der Waals surface area contributed by atoms with Gasteiger partial charge < -0.3 is 21.1 Å². The van der Waals surface area contributed by atoms with Gasteiger partial charge in [-0.1, -0.05) is 56.1 Å². The number of amides is 1. The molecule has 0 unspecified atom stereocenters. The van der Waals surface area contributed by atoms with E-state index >= 15 is 0 Å². The Kier molecular flexibility index (Phi) is 8.37. The third-order valence-corrected chi connectivity index (χ3v) is 6.02. The second-order valence-electron chi connectivity index (χ2n) is 9.51. The van der Waals surface area contributed by atoms with E-state index in [1.807, 2.05) is 0 Å². The molecule has 3 rings (SSSR count). The molecule has 0 aliphatic carbocycles. The Hall–Kier alpha value is -3.43. The summed E-state index contributed by atoms with van der Waals surface area (Å²) >= 11 is 12.1. The highest BCUT2D eigenvalue weighted by atomic mass is 35.5. The highest BCUT2D eigenvalue weighted by Gasteiger charge is 2.27. The zero-order valence-corrected chi connectivity index (χ0v) is 21.5. The number of benzene rings is 1. The molecule has 0 saturated carbocycles. The van der Waals surface area contributed by atoms with E-state index in [2.05, 4.69) is 41.7 Å². The number of halogens is 2. The van der Waals surface area contributed by atoms with Crippen molar-refractivity contribution in [2.45, 2.75) is 39.7 Å². The van der Waals surface area contributed by atoms with Gasteiger partial charge in [0.1, 0.15) is 17.4 Å². The zero-order valence-electron chi connectivity index (χ0n) is 19.9. The number of carboxylic acids is 1. The fourth-order valence-corrected chi connectivity index (χ4v) is 3.84. The van der Waals surface area contributed by atoms with Crippen LogP contribution in [0.25, 0.3) is 0 Å². The molecule has 190 valence electrons. The number of pyridine rings is 1. The van der Waals surface area contributed by atoms with Crippen LogP contribution in [0.4, 0.5) is 17.1 Å². The highest BCUT2D eigenvalue weighted by molar-refractivity contribution is 6.39. The van der Waals surface area contributed by atoms with Gasteiger partial charge in [-0.3, -0.25) is 19.4 Å². The lowest BCUT2D eigenvalue weighted by molar-refractivity contribution is -0.137. The van der Waals surface area contributed by atoms with Gasteiger partial charge in [-0.25, -0.2) is 4.79 Å². The van der Waals surface area contributed by atoms with E-state index in [9.17, 15) is 24.3 Å². The molecule has 0 saturated heterocycles. The highest BCUT2D eigenvalue weighted by Crippen LogP contribution is 2.29. The molecule has 0 aliphatic rings. The first-order chi connectivity index (χ1) is 16.9. The van der Waals surface area contributed by atoms with Crippen molar-refractivity contribution in [1.82, 2.24) is 4.98 Å². The van der Waals surface area contributed by atoms with Crippen LogP contribution in [0.2, 0.25) is 10.0 Å². The minimum atomic E-state index is -1.19. The molecule has 0 bridgehead atoms. The molecule has 9 nitrogen and oxygen atoms in total. The van der Waals surface area contributed by atoms with Crippen LogP contribution in [-0.4, -0.2) is 34.6 Å². The number of carbonyl (C=O) groups is 2. The Bertz CT molecular complexity index is 1320. The monoisotopic (exact) mass is 532 g/mol. The first kappa shape index (κ1) is 27.2. The summed E-state index contributed by atoms with van der Waals surface area (Å²) in [6.07, 6.45) is 3.48. The Labute approximate surface area is 217 Å². The van der Waals surface area contributed by atoms with Gasteiger partial charge in [0.05, 0.1) is 15.7 Å². The van der Waals surface area contributed by atoms with Gasteiger partial charge in [0.25, 0.3) is 16.8 Å². The van der Waals surface area contributed by atoms with E-state index in [0.29, 0.717) is 17.7 Å². The third kappa shape index (κ3) is 6.61. The van der Waals surface area contributed by atoms with Crippen LogP contribution in [0, 0.1) is 5.41 Å². The van der Waals surface area contributed by atoms with Crippen molar-refractivity contribution in [3.8, 4) is 0 Å². The summed E-state index contributed by atoms with van der Waals surface area (Å²) in [5.41, 5.74) is -0.165. The average molecular weight is 533 g/mol. The summed E-state index contributed by atoms with van der Waals surface area (Å²) < 4.78 is 0. The third-order valence-electron chi connectivity index (χ3n) is 5.45. The van der Waals surface area contributed by atoms with E-state index in [0.717, 1.165) is 6.42 Å².